The van der Waals surface area contributed by atoms with E-state index in [-0.39, 0.29) is 12.0 Å². The summed E-state index contributed by atoms with van der Waals surface area (Å²) in [6.45, 7) is 2.04. The molecule has 1 aliphatic heterocycles. The number of nitrogens with zero attached hydrogens (tertiary/aromatic N) is 1. The van der Waals surface area contributed by atoms with Gasteiger partial charge in [0.15, 0.2) is 11.9 Å². The first-order valence-electron chi connectivity index (χ1n) is 3.63. The van der Waals surface area contributed by atoms with Crippen LogP contribution in [0.25, 0.3) is 0 Å². The van der Waals surface area contributed by atoms with Crippen molar-refractivity contribution < 1.29 is 4.84 Å². The summed E-state index contributed by atoms with van der Waals surface area (Å²) in [6.07, 6.45) is 6.13. The van der Waals surface area contributed by atoms with Crippen molar-refractivity contribution >= 4 is 5.84 Å². The Morgan fingerprint density at radius 2 is 2.45 bits per heavy atom. The summed E-state index contributed by atoms with van der Waals surface area (Å²) in [4.78, 5) is 5.05. The molecule has 2 N–H and O–H groups in total. The van der Waals surface area contributed by atoms with E-state index >= 15 is 0 Å². The van der Waals surface area contributed by atoms with E-state index in [1.54, 1.807) is 0 Å². The topological polar surface area (TPSA) is 47.6 Å². The summed E-state index contributed by atoms with van der Waals surface area (Å²) in [5.41, 5.74) is 6.82. The largest absolute Gasteiger partial charge is 0.386 e. The van der Waals surface area contributed by atoms with Gasteiger partial charge in [-0.15, -0.1) is 0 Å². The number of hydrogen-bond acceptors (Lipinski definition) is 3. The van der Waals surface area contributed by atoms with Gasteiger partial charge in [0, 0.05) is 0 Å². The van der Waals surface area contributed by atoms with E-state index in [0.717, 1.165) is 0 Å². The van der Waals surface area contributed by atoms with Crippen molar-refractivity contribution in [3.63, 3.8) is 0 Å². The molecule has 11 heavy (non-hydrogen) atoms. The standard InChI is InChI=1S/C8H10N2O/c1-5-2-3-7-6(4-5)8(9)10-11-7/h2-4,6-7H,1H3,(H2,9,10). The number of amidine groups is 1. The highest BCUT2D eigenvalue weighted by Gasteiger charge is 2.30. The summed E-state index contributed by atoms with van der Waals surface area (Å²) >= 11 is 0. The van der Waals surface area contributed by atoms with Crippen LogP contribution in [-0.4, -0.2) is 11.9 Å². The first-order valence-corrected chi connectivity index (χ1v) is 3.63. The van der Waals surface area contributed by atoms with Crippen LogP contribution in [0.5, 0.6) is 0 Å². The van der Waals surface area contributed by atoms with Crippen LogP contribution in [0.2, 0.25) is 0 Å². The van der Waals surface area contributed by atoms with Crippen LogP contribution < -0.4 is 5.73 Å². The zero-order chi connectivity index (χ0) is 7.84. The van der Waals surface area contributed by atoms with Gasteiger partial charge in [-0.3, -0.25) is 0 Å². The lowest BCUT2D eigenvalue weighted by molar-refractivity contribution is 0.105. The molecule has 1 aliphatic carbocycles. The summed E-state index contributed by atoms with van der Waals surface area (Å²) in [5, 5.41) is 3.71. The number of allylic oxidation sites excluding steroid dienone is 2. The zero-order valence-corrected chi connectivity index (χ0v) is 6.32. The fourth-order valence-corrected chi connectivity index (χ4v) is 1.34. The van der Waals surface area contributed by atoms with Crippen molar-refractivity contribution in [2.45, 2.75) is 13.0 Å². The highest BCUT2D eigenvalue weighted by atomic mass is 16.6. The number of nitrogens with two attached hydrogens (primary N) is 1. The minimum atomic E-state index is 0.0405. The lowest BCUT2D eigenvalue weighted by Gasteiger charge is -2.14. The Bertz CT molecular complexity index is 265. The Hall–Kier alpha value is -1.25. The Balaban J connectivity index is 2.29. The normalized spacial score (nSPS) is 33.9. The average molecular weight is 150 g/mol. The minimum absolute atomic E-state index is 0.0405. The Kier molecular flexibility index (Phi) is 1.24. The van der Waals surface area contributed by atoms with Gasteiger partial charge in [-0.25, -0.2) is 0 Å². The third-order valence-corrected chi connectivity index (χ3v) is 1.97. The molecular formula is C8H10N2O. The molecule has 2 atom stereocenters. The SMILES string of the molecule is CC1=CC2C(N)=NOC2C=C1. The van der Waals surface area contributed by atoms with Crippen LogP contribution in [0.1, 0.15) is 6.92 Å². The molecule has 0 aromatic rings. The summed E-state index contributed by atoms with van der Waals surface area (Å²) < 4.78 is 0. The van der Waals surface area contributed by atoms with Crippen LogP contribution in [-0.2, 0) is 4.84 Å². The molecule has 3 nitrogen and oxygen atoms in total. The van der Waals surface area contributed by atoms with Crippen molar-refractivity contribution in [1.29, 1.82) is 0 Å². The molecule has 3 heteroatoms. The lowest BCUT2D eigenvalue weighted by atomic mass is 9.94. The molecule has 58 valence electrons. The Morgan fingerprint density at radius 1 is 1.64 bits per heavy atom. The molecule has 0 saturated heterocycles. The first-order chi connectivity index (χ1) is 5.27. The van der Waals surface area contributed by atoms with Crippen LogP contribution in [0.4, 0.5) is 0 Å². The predicted octanol–water partition coefficient (Wildman–Crippen LogP) is 0.790. The number of rotatable bonds is 0. The molecule has 2 aliphatic rings. The van der Waals surface area contributed by atoms with Gasteiger partial charge >= 0.3 is 0 Å². The molecule has 0 spiro atoms. The number of fused-ring (bicyclic) bond motifs is 1. The van der Waals surface area contributed by atoms with Crippen LogP contribution in [0.3, 0.4) is 0 Å². The van der Waals surface area contributed by atoms with Gasteiger partial charge in [0.2, 0.25) is 0 Å². The van der Waals surface area contributed by atoms with Crippen LogP contribution in [0, 0.1) is 5.92 Å². The second-order valence-corrected chi connectivity index (χ2v) is 2.88. The highest BCUT2D eigenvalue weighted by Crippen LogP contribution is 2.24. The van der Waals surface area contributed by atoms with E-state index in [1.807, 2.05) is 19.1 Å². The first kappa shape index (κ1) is 6.46. The fourth-order valence-electron chi connectivity index (χ4n) is 1.34. The van der Waals surface area contributed by atoms with Crippen LogP contribution in [0.15, 0.2) is 29.0 Å². The maximum absolute atomic E-state index is 5.60. The predicted molar refractivity (Wildman–Crippen MR) is 42.9 cm³/mol. The van der Waals surface area contributed by atoms with Gasteiger partial charge in [0.05, 0.1) is 5.92 Å². The van der Waals surface area contributed by atoms with Crippen molar-refractivity contribution in [3.05, 3.63) is 23.8 Å². The molecule has 2 rings (SSSR count). The van der Waals surface area contributed by atoms with E-state index in [1.165, 1.54) is 5.57 Å². The third-order valence-electron chi connectivity index (χ3n) is 1.97. The van der Waals surface area contributed by atoms with Gasteiger partial charge in [0.1, 0.15) is 0 Å². The number of oxime groups is 1. The molecular weight excluding hydrogens is 140 g/mol. The molecule has 2 unspecified atom stereocenters. The van der Waals surface area contributed by atoms with Gasteiger partial charge in [-0.1, -0.05) is 22.9 Å². The Labute approximate surface area is 65.2 Å². The highest BCUT2D eigenvalue weighted by molar-refractivity contribution is 5.86. The van der Waals surface area contributed by atoms with Crippen molar-refractivity contribution in [2.75, 3.05) is 0 Å². The molecule has 0 amide bonds. The van der Waals surface area contributed by atoms with Gasteiger partial charge in [-0.2, -0.15) is 0 Å². The lowest BCUT2D eigenvalue weighted by Crippen LogP contribution is -2.27. The zero-order valence-electron chi connectivity index (χ0n) is 6.32. The van der Waals surface area contributed by atoms with Gasteiger partial charge in [-0.05, 0) is 13.0 Å². The molecule has 0 saturated carbocycles. The molecule has 0 fully saturated rings. The Morgan fingerprint density at radius 3 is 3.27 bits per heavy atom. The van der Waals surface area contributed by atoms with Crippen molar-refractivity contribution in [2.24, 2.45) is 16.8 Å². The maximum atomic E-state index is 5.60. The average Bonchev–Trinajstić information content (AvgIpc) is 2.33. The molecule has 0 aromatic heterocycles. The minimum Gasteiger partial charge on any atom is -0.386 e. The molecule has 1 heterocycles. The summed E-state index contributed by atoms with van der Waals surface area (Å²) in [5.74, 6) is 0.749. The summed E-state index contributed by atoms with van der Waals surface area (Å²) in [6, 6.07) is 0. The number of hydrogen-bond donors (Lipinski definition) is 1. The molecule has 0 aromatic carbocycles. The quantitative estimate of drug-likeness (QED) is 0.555. The smallest absolute Gasteiger partial charge is 0.159 e. The second-order valence-electron chi connectivity index (χ2n) is 2.88. The maximum Gasteiger partial charge on any atom is 0.159 e. The van der Waals surface area contributed by atoms with Gasteiger partial charge < -0.3 is 10.6 Å². The van der Waals surface area contributed by atoms with E-state index in [0.29, 0.717) is 5.84 Å². The van der Waals surface area contributed by atoms with Crippen LogP contribution >= 0.6 is 0 Å². The fraction of sp³-hybridized carbons (Fsp3) is 0.375. The monoisotopic (exact) mass is 150 g/mol. The van der Waals surface area contributed by atoms with E-state index < -0.39 is 0 Å². The third kappa shape index (κ3) is 0.926. The van der Waals surface area contributed by atoms with E-state index in [2.05, 4.69) is 11.2 Å². The molecule has 0 radical (unpaired) electrons. The molecule has 0 bridgehead atoms. The van der Waals surface area contributed by atoms with Crippen molar-refractivity contribution in [3.8, 4) is 0 Å². The second kappa shape index (κ2) is 2.12. The van der Waals surface area contributed by atoms with Crippen molar-refractivity contribution in [1.82, 2.24) is 0 Å². The summed E-state index contributed by atoms with van der Waals surface area (Å²) in [7, 11) is 0. The van der Waals surface area contributed by atoms with Gasteiger partial charge in [0.25, 0.3) is 0 Å². The van der Waals surface area contributed by atoms with E-state index in [4.69, 9.17) is 10.6 Å². The van der Waals surface area contributed by atoms with E-state index in [9.17, 15) is 0 Å².